The first-order valence-electron chi connectivity index (χ1n) is 12.7. The van der Waals surface area contributed by atoms with Crippen LogP contribution in [0, 0.1) is 0 Å². The van der Waals surface area contributed by atoms with E-state index in [1.54, 1.807) is 0 Å². The first kappa shape index (κ1) is 19.9. The molecule has 0 saturated heterocycles. The maximum Gasteiger partial charge on any atom is 0.140 e. The number of hydrogen-bond acceptors (Lipinski definition) is 1. The summed E-state index contributed by atoms with van der Waals surface area (Å²) in [4.78, 5) is 0. The van der Waals surface area contributed by atoms with Gasteiger partial charge in [0.15, 0.2) is 0 Å². The first-order chi connectivity index (χ1) is 17.8. The standard InChI is InChI=1S/C35H24O/c1-22(23-12-3-2-4-13-23)24-17-11-20-30-32(24)34-33(27-16-7-10-21-31(27)36-34)35(30)28-18-8-5-14-25(28)26-15-6-9-19-29(26)35/h2-22H,1H3. The van der Waals surface area contributed by atoms with Gasteiger partial charge in [-0.3, -0.25) is 0 Å². The van der Waals surface area contributed by atoms with Crippen molar-refractivity contribution in [1.82, 2.24) is 0 Å². The Bertz CT molecular complexity index is 1760. The molecule has 2 aliphatic rings. The molecule has 5 aromatic carbocycles. The molecule has 1 spiro atoms. The van der Waals surface area contributed by atoms with Crippen molar-refractivity contribution in [3.63, 3.8) is 0 Å². The van der Waals surface area contributed by atoms with Gasteiger partial charge in [0.05, 0.1) is 5.41 Å². The van der Waals surface area contributed by atoms with Gasteiger partial charge in [0, 0.05) is 22.4 Å². The van der Waals surface area contributed by atoms with E-state index in [1.165, 1.54) is 55.5 Å². The largest absolute Gasteiger partial charge is 0.456 e. The Morgan fingerprint density at radius 1 is 0.583 bits per heavy atom. The van der Waals surface area contributed by atoms with Crippen molar-refractivity contribution in [3.8, 4) is 22.5 Å². The minimum atomic E-state index is -0.392. The molecule has 1 aromatic heterocycles. The Labute approximate surface area is 210 Å². The summed E-state index contributed by atoms with van der Waals surface area (Å²) in [5.41, 5.74) is 12.4. The van der Waals surface area contributed by atoms with Crippen LogP contribution in [0.2, 0.25) is 0 Å². The molecule has 0 aliphatic heterocycles. The molecule has 2 aliphatic carbocycles. The summed E-state index contributed by atoms with van der Waals surface area (Å²) in [5, 5.41) is 1.20. The normalized spacial score (nSPS) is 14.9. The van der Waals surface area contributed by atoms with E-state index in [0.29, 0.717) is 0 Å². The molecule has 1 heterocycles. The summed E-state index contributed by atoms with van der Waals surface area (Å²) in [7, 11) is 0. The third-order valence-corrected chi connectivity index (χ3v) is 8.42. The third-order valence-electron chi connectivity index (χ3n) is 8.42. The van der Waals surface area contributed by atoms with Crippen molar-refractivity contribution >= 4 is 11.0 Å². The average molecular weight is 461 g/mol. The second-order valence-corrected chi connectivity index (χ2v) is 10.0. The summed E-state index contributed by atoms with van der Waals surface area (Å²) < 4.78 is 6.78. The number of para-hydroxylation sites is 1. The lowest BCUT2D eigenvalue weighted by Gasteiger charge is -2.30. The molecule has 36 heavy (non-hydrogen) atoms. The minimum absolute atomic E-state index is 0.240. The number of benzene rings is 5. The molecule has 0 saturated carbocycles. The van der Waals surface area contributed by atoms with Crippen LogP contribution in [0.5, 0.6) is 0 Å². The Kier molecular flexibility index (Phi) is 3.92. The van der Waals surface area contributed by atoms with E-state index >= 15 is 0 Å². The maximum absolute atomic E-state index is 6.78. The molecule has 170 valence electrons. The van der Waals surface area contributed by atoms with Crippen molar-refractivity contribution in [2.75, 3.05) is 0 Å². The van der Waals surface area contributed by atoms with Crippen LogP contribution in [0.25, 0.3) is 33.4 Å². The lowest BCUT2D eigenvalue weighted by Crippen LogP contribution is -2.26. The summed E-state index contributed by atoms with van der Waals surface area (Å²) in [6.07, 6.45) is 0. The monoisotopic (exact) mass is 460 g/mol. The first-order valence-corrected chi connectivity index (χ1v) is 12.7. The van der Waals surface area contributed by atoms with Crippen molar-refractivity contribution in [2.45, 2.75) is 18.3 Å². The smallest absolute Gasteiger partial charge is 0.140 e. The van der Waals surface area contributed by atoms with E-state index in [4.69, 9.17) is 4.42 Å². The van der Waals surface area contributed by atoms with Gasteiger partial charge in [0.1, 0.15) is 11.3 Å². The van der Waals surface area contributed by atoms with E-state index in [2.05, 4.69) is 128 Å². The lowest BCUT2D eigenvalue weighted by atomic mass is 9.70. The topological polar surface area (TPSA) is 13.1 Å². The highest BCUT2D eigenvalue weighted by Crippen LogP contribution is 2.65. The molecule has 0 N–H and O–H groups in total. The molecular formula is C35H24O. The van der Waals surface area contributed by atoms with E-state index in [-0.39, 0.29) is 5.92 Å². The fourth-order valence-electron chi connectivity index (χ4n) is 6.94. The van der Waals surface area contributed by atoms with Gasteiger partial charge in [-0.05, 0) is 45.0 Å². The van der Waals surface area contributed by atoms with Gasteiger partial charge in [-0.2, -0.15) is 0 Å². The maximum atomic E-state index is 6.78. The fourth-order valence-corrected chi connectivity index (χ4v) is 6.94. The van der Waals surface area contributed by atoms with Crippen LogP contribution >= 0.6 is 0 Å². The summed E-state index contributed by atoms with van der Waals surface area (Å²) in [5.74, 6) is 1.26. The van der Waals surface area contributed by atoms with Crippen LogP contribution in [0.4, 0.5) is 0 Å². The number of furan rings is 1. The highest BCUT2D eigenvalue weighted by atomic mass is 16.3. The van der Waals surface area contributed by atoms with E-state index in [1.807, 2.05) is 0 Å². The van der Waals surface area contributed by atoms with E-state index < -0.39 is 5.41 Å². The second-order valence-electron chi connectivity index (χ2n) is 10.0. The lowest BCUT2D eigenvalue weighted by molar-refractivity contribution is 0.627. The van der Waals surface area contributed by atoms with E-state index in [0.717, 1.165) is 11.3 Å². The molecule has 8 rings (SSSR count). The van der Waals surface area contributed by atoms with Crippen LogP contribution in [0.15, 0.2) is 126 Å². The second kappa shape index (κ2) is 7.08. The molecule has 1 nitrogen and oxygen atoms in total. The zero-order chi connectivity index (χ0) is 23.9. The minimum Gasteiger partial charge on any atom is -0.456 e. The van der Waals surface area contributed by atoms with Gasteiger partial charge in [-0.1, -0.05) is 122 Å². The average Bonchev–Trinajstić information content (AvgIpc) is 3.56. The molecule has 1 heteroatoms. The highest BCUT2D eigenvalue weighted by Gasteiger charge is 2.54. The Morgan fingerprint density at radius 2 is 1.19 bits per heavy atom. The summed E-state index contributed by atoms with van der Waals surface area (Å²) in [6.45, 7) is 2.31. The molecule has 0 radical (unpaired) electrons. The Hall–Kier alpha value is -4.36. The Balaban J connectivity index is 1.56. The quantitative estimate of drug-likeness (QED) is 0.251. The van der Waals surface area contributed by atoms with Gasteiger partial charge in [0.2, 0.25) is 0 Å². The predicted molar refractivity (Wildman–Crippen MR) is 146 cm³/mol. The van der Waals surface area contributed by atoms with Crippen molar-refractivity contribution in [1.29, 1.82) is 0 Å². The van der Waals surface area contributed by atoms with Crippen LogP contribution in [0.3, 0.4) is 0 Å². The molecule has 0 amide bonds. The number of hydrogen-bond donors (Lipinski definition) is 0. The van der Waals surface area contributed by atoms with Gasteiger partial charge in [-0.25, -0.2) is 0 Å². The summed E-state index contributed by atoms with van der Waals surface area (Å²) >= 11 is 0. The van der Waals surface area contributed by atoms with Crippen LogP contribution in [-0.2, 0) is 5.41 Å². The number of fused-ring (bicyclic) bond motifs is 12. The molecule has 0 bridgehead atoms. The number of rotatable bonds is 2. The third kappa shape index (κ3) is 2.31. The highest BCUT2D eigenvalue weighted by molar-refractivity contribution is 6.02. The SMILES string of the molecule is CC(c1ccccc1)c1cccc2c1-c1oc3ccccc3c1C21c2ccccc2-c2ccccc21. The van der Waals surface area contributed by atoms with E-state index in [9.17, 15) is 0 Å². The van der Waals surface area contributed by atoms with Crippen LogP contribution in [0.1, 0.15) is 46.2 Å². The zero-order valence-electron chi connectivity index (χ0n) is 20.0. The van der Waals surface area contributed by atoms with Crippen molar-refractivity contribution in [2.24, 2.45) is 0 Å². The molecule has 1 atom stereocenters. The molecular weight excluding hydrogens is 436 g/mol. The van der Waals surface area contributed by atoms with Gasteiger partial charge in [0.25, 0.3) is 0 Å². The van der Waals surface area contributed by atoms with Crippen molar-refractivity contribution < 1.29 is 4.42 Å². The van der Waals surface area contributed by atoms with Crippen LogP contribution in [-0.4, -0.2) is 0 Å². The summed E-state index contributed by atoms with van der Waals surface area (Å²) in [6, 6.07) is 44.1. The van der Waals surface area contributed by atoms with Gasteiger partial charge >= 0.3 is 0 Å². The van der Waals surface area contributed by atoms with Crippen LogP contribution < -0.4 is 0 Å². The van der Waals surface area contributed by atoms with Gasteiger partial charge in [-0.15, -0.1) is 0 Å². The predicted octanol–water partition coefficient (Wildman–Crippen LogP) is 8.93. The Morgan fingerprint density at radius 3 is 1.94 bits per heavy atom. The fraction of sp³-hybridized carbons (Fsp3) is 0.0857. The molecule has 0 fully saturated rings. The van der Waals surface area contributed by atoms with Crippen molar-refractivity contribution in [3.05, 3.63) is 155 Å². The molecule has 1 unspecified atom stereocenters. The molecule has 6 aromatic rings. The zero-order valence-corrected chi connectivity index (χ0v) is 20.0. The van der Waals surface area contributed by atoms with Gasteiger partial charge < -0.3 is 4.42 Å².